The molecule has 3 aliphatic heterocycles. The molecule has 0 spiro atoms. The van der Waals surface area contributed by atoms with Crippen LogP contribution in [0.3, 0.4) is 0 Å². The summed E-state index contributed by atoms with van der Waals surface area (Å²) >= 11 is 0. The number of carbonyl (C=O) groups is 2. The predicted molar refractivity (Wildman–Crippen MR) is 135 cm³/mol. The number of carboxylic acids is 2. The van der Waals surface area contributed by atoms with E-state index >= 15 is 0 Å². The van der Waals surface area contributed by atoms with E-state index in [0.717, 1.165) is 35.6 Å². The summed E-state index contributed by atoms with van der Waals surface area (Å²) in [5.41, 5.74) is 2.92. The van der Waals surface area contributed by atoms with E-state index in [1.54, 1.807) is 23.8 Å². The molecule has 3 unspecified atom stereocenters. The number of halogens is 6. The number of aromatic nitrogens is 3. The Hall–Kier alpha value is -4.63. The minimum absolute atomic E-state index is 0.180. The number of nitriles is 1. The van der Waals surface area contributed by atoms with Gasteiger partial charge in [-0.3, -0.25) is 0 Å². The van der Waals surface area contributed by atoms with Crippen LogP contribution in [0, 0.1) is 11.3 Å². The van der Waals surface area contributed by atoms with Crippen molar-refractivity contribution in [2.24, 2.45) is 0 Å². The monoisotopic (exact) mass is 618 g/mol. The van der Waals surface area contributed by atoms with Gasteiger partial charge in [0.15, 0.2) is 0 Å². The molecule has 0 amide bonds. The maximum atomic E-state index is 10.6. The molecule has 6 heterocycles. The first-order valence-electron chi connectivity index (χ1n) is 12.3. The Morgan fingerprint density at radius 3 is 2.12 bits per heavy atom. The van der Waals surface area contributed by atoms with E-state index < -0.39 is 30.4 Å². The number of piperidine rings is 1. The van der Waals surface area contributed by atoms with Crippen LogP contribution in [0.2, 0.25) is 0 Å². The van der Waals surface area contributed by atoms with Gasteiger partial charge >= 0.3 is 24.3 Å². The Labute approximate surface area is 238 Å². The van der Waals surface area contributed by atoms with Gasteiger partial charge in [-0.15, -0.1) is 0 Å². The van der Waals surface area contributed by atoms with Crippen LogP contribution in [-0.4, -0.2) is 92.1 Å². The smallest absolute Gasteiger partial charge is 0.489 e. The Balaban J connectivity index is 0.000000303. The Morgan fingerprint density at radius 2 is 1.67 bits per heavy atom. The molecule has 3 saturated heterocycles. The van der Waals surface area contributed by atoms with Crippen LogP contribution in [0.15, 0.2) is 36.8 Å². The highest BCUT2D eigenvalue weighted by Crippen LogP contribution is 2.32. The minimum Gasteiger partial charge on any atom is -0.489 e. The molecule has 6 rings (SSSR count). The highest BCUT2D eigenvalue weighted by molar-refractivity contribution is 5.85. The van der Waals surface area contributed by atoms with Gasteiger partial charge < -0.3 is 30.3 Å². The molecule has 3 aromatic heterocycles. The molecule has 3 atom stereocenters. The number of hydrogen-bond acceptors (Lipinski definition) is 9. The number of aliphatic hydroxyl groups is 1. The Morgan fingerprint density at radius 1 is 1.12 bits per heavy atom. The number of nitrogens with zero attached hydrogens (tertiary/aromatic N) is 5. The van der Waals surface area contributed by atoms with Crippen molar-refractivity contribution in [3.05, 3.63) is 42.4 Å². The number of aliphatic hydroxyl groups excluding tert-OH is 1. The topological polar surface area (TPSA) is 173 Å². The van der Waals surface area contributed by atoms with E-state index in [1.165, 1.54) is 6.42 Å². The summed E-state index contributed by atoms with van der Waals surface area (Å²) in [6.07, 6.45) is -4.38. The molecule has 43 heavy (non-hydrogen) atoms. The van der Waals surface area contributed by atoms with Crippen LogP contribution >= 0.6 is 0 Å². The third-order valence-electron chi connectivity index (χ3n) is 5.99. The van der Waals surface area contributed by atoms with E-state index in [0.29, 0.717) is 23.4 Å². The number of carboxylic acid groups (broad SMARTS) is 2. The number of piperazine rings is 1. The lowest BCUT2D eigenvalue weighted by molar-refractivity contribution is -0.193. The first-order chi connectivity index (χ1) is 20.0. The highest BCUT2D eigenvalue weighted by atomic mass is 19.4. The second-order valence-electron chi connectivity index (χ2n) is 9.42. The van der Waals surface area contributed by atoms with Crippen molar-refractivity contribution in [3.63, 3.8) is 0 Å². The molecule has 3 aromatic rings. The number of ether oxygens (including phenoxy) is 1. The van der Waals surface area contributed by atoms with Crippen molar-refractivity contribution in [2.75, 3.05) is 24.6 Å². The van der Waals surface area contributed by atoms with Crippen molar-refractivity contribution in [1.82, 2.24) is 19.9 Å². The zero-order valence-electron chi connectivity index (χ0n) is 22.1. The Kier molecular flexibility index (Phi) is 10.0. The number of nitrogens with one attached hydrogen (secondary N) is 1. The maximum Gasteiger partial charge on any atom is 0.490 e. The summed E-state index contributed by atoms with van der Waals surface area (Å²) in [5, 5.41) is 41.1. The van der Waals surface area contributed by atoms with Crippen LogP contribution in [0.4, 0.5) is 32.2 Å². The number of anilines is 1. The van der Waals surface area contributed by atoms with Gasteiger partial charge in [-0.25, -0.2) is 19.1 Å². The van der Waals surface area contributed by atoms with Crippen molar-refractivity contribution >= 4 is 23.3 Å². The minimum atomic E-state index is -5.08. The van der Waals surface area contributed by atoms with Crippen LogP contribution in [-0.2, 0) is 9.59 Å². The third kappa shape index (κ3) is 8.68. The number of alkyl halides is 6. The molecule has 3 fully saturated rings. The van der Waals surface area contributed by atoms with Gasteiger partial charge in [0, 0.05) is 42.5 Å². The average molecular weight is 618 g/mol. The van der Waals surface area contributed by atoms with Crippen LogP contribution in [0.1, 0.15) is 18.9 Å². The largest absolute Gasteiger partial charge is 0.490 e. The van der Waals surface area contributed by atoms with E-state index in [4.69, 9.17) is 24.5 Å². The quantitative estimate of drug-likeness (QED) is 0.310. The van der Waals surface area contributed by atoms with E-state index in [9.17, 15) is 36.7 Å². The zero-order valence-corrected chi connectivity index (χ0v) is 22.1. The lowest BCUT2D eigenvalue weighted by Crippen LogP contribution is -2.67. The number of aliphatic carboxylic acids is 2. The SMILES string of the molecule is CC(O)COc1cc(-c2ccc(N3CC4CC(C3)N4)nc2)c2c(C#N)cnn2c1.O=C(O)C(F)(F)F.O=C(O)C(F)(F)F. The molecule has 232 valence electrons. The molecule has 0 aromatic carbocycles. The molecule has 3 aliphatic rings. The summed E-state index contributed by atoms with van der Waals surface area (Å²) in [6.45, 7) is 3.82. The lowest BCUT2D eigenvalue weighted by atomic mass is 9.91. The molecule has 0 aliphatic carbocycles. The average Bonchev–Trinajstić information content (AvgIpc) is 3.34. The number of fused-ring (bicyclic) bond motifs is 3. The van der Waals surface area contributed by atoms with Gasteiger partial charge in [-0.05, 0) is 31.5 Å². The van der Waals surface area contributed by atoms with Crippen LogP contribution in [0.25, 0.3) is 16.6 Å². The summed E-state index contributed by atoms with van der Waals surface area (Å²) in [7, 11) is 0. The molecule has 4 N–H and O–H groups in total. The van der Waals surface area contributed by atoms with Gasteiger partial charge in [0.1, 0.15) is 24.2 Å². The second kappa shape index (κ2) is 13.1. The van der Waals surface area contributed by atoms with Crippen molar-refractivity contribution < 1.29 is 56.0 Å². The summed E-state index contributed by atoms with van der Waals surface area (Å²) in [4.78, 5) is 24.8. The van der Waals surface area contributed by atoms with Crippen LogP contribution < -0.4 is 15.0 Å². The molecular weight excluding hydrogens is 594 g/mol. The number of pyridine rings is 2. The van der Waals surface area contributed by atoms with E-state index in [-0.39, 0.29) is 6.61 Å². The predicted octanol–water partition coefficient (Wildman–Crippen LogP) is 2.84. The number of rotatable bonds is 5. The standard InChI is InChI=1S/C21H22N6O2.2C2HF3O2/c1-13(28)12-29-18-5-19(21-15(6-22)8-24-27(21)11-18)14-2-3-20(23-7-14)26-9-16-4-17(10-26)25-16;2*3-2(4,5)1(6)7/h2-3,5,7-8,11,13,16-17,25,28H,4,9-10,12H2,1H3;2*(H,6,7). The second-order valence-corrected chi connectivity index (χ2v) is 9.42. The first kappa shape index (κ1) is 32.9. The fourth-order valence-corrected chi connectivity index (χ4v) is 4.13. The fourth-order valence-electron chi connectivity index (χ4n) is 4.13. The lowest BCUT2D eigenvalue weighted by Gasteiger charge is -2.48. The fraction of sp³-hybridized carbons (Fsp3) is 0.400. The molecule has 0 radical (unpaired) electrons. The molecule has 12 nitrogen and oxygen atoms in total. The van der Waals surface area contributed by atoms with Crippen molar-refractivity contribution in [3.8, 4) is 22.9 Å². The Bertz CT molecular complexity index is 1450. The van der Waals surface area contributed by atoms with Gasteiger partial charge in [-0.1, -0.05) is 0 Å². The number of hydrogen-bond donors (Lipinski definition) is 4. The third-order valence-corrected chi connectivity index (χ3v) is 5.99. The first-order valence-corrected chi connectivity index (χ1v) is 12.3. The normalized spacial score (nSPS) is 18.2. The summed E-state index contributed by atoms with van der Waals surface area (Å²) < 4.78 is 70.8. The zero-order chi connectivity index (χ0) is 32.1. The van der Waals surface area contributed by atoms with Gasteiger partial charge in [0.25, 0.3) is 0 Å². The maximum absolute atomic E-state index is 10.6. The van der Waals surface area contributed by atoms with E-state index in [2.05, 4.69) is 26.4 Å². The molecule has 18 heteroatoms. The molecule has 0 saturated carbocycles. The van der Waals surface area contributed by atoms with Gasteiger partial charge in [0.05, 0.1) is 29.6 Å². The molecular formula is C25H24F6N6O6. The molecule has 2 bridgehead atoms. The van der Waals surface area contributed by atoms with Crippen molar-refractivity contribution in [1.29, 1.82) is 5.26 Å². The summed E-state index contributed by atoms with van der Waals surface area (Å²) in [5.74, 6) is -3.97. The van der Waals surface area contributed by atoms with E-state index in [1.807, 2.05) is 24.4 Å². The van der Waals surface area contributed by atoms with Gasteiger partial charge in [0.2, 0.25) is 0 Å². The highest BCUT2D eigenvalue weighted by Gasteiger charge is 2.39. The van der Waals surface area contributed by atoms with Gasteiger partial charge in [-0.2, -0.15) is 36.7 Å². The van der Waals surface area contributed by atoms with Crippen LogP contribution in [0.5, 0.6) is 5.75 Å². The van der Waals surface area contributed by atoms with Crippen molar-refractivity contribution in [2.45, 2.75) is 43.9 Å². The summed E-state index contributed by atoms with van der Waals surface area (Å²) in [6, 6.07) is 9.27.